The van der Waals surface area contributed by atoms with Crippen molar-refractivity contribution in [2.45, 2.75) is 25.9 Å². The molecule has 8 heteroatoms. The number of anilines is 1. The first-order valence-corrected chi connectivity index (χ1v) is 9.91. The number of amides is 1. The highest BCUT2D eigenvalue weighted by molar-refractivity contribution is 6.36. The summed E-state index contributed by atoms with van der Waals surface area (Å²) in [6, 6.07) is 7.15. The number of ether oxygens (including phenoxy) is 1. The van der Waals surface area contributed by atoms with Crippen LogP contribution in [0.2, 0.25) is 5.02 Å². The number of fused-ring (bicyclic) bond motifs is 1. The molecule has 0 spiro atoms. The van der Waals surface area contributed by atoms with Crippen LogP contribution in [0.5, 0.6) is 0 Å². The van der Waals surface area contributed by atoms with E-state index in [1.807, 2.05) is 19.1 Å². The molecule has 1 amide bonds. The van der Waals surface area contributed by atoms with Crippen LogP contribution in [0.15, 0.2) is 36.7 Å². The topological polar surface area (TPSA) is 81.2 Å². The van der Waals surface area contributed by atoms with Gasteiger partial charge in [0.25, 0.3) is 0 Å². The molecule has 2 heterocycles. The molecule has 30 heavy (non-hydrogen) atoms. The Kier molecular flexibility index (Phi) is 5.39. The summed E-state index contributed by atoms with van der Waals surface area (Å²) in [6.07, 6.45) is 3.07. The van der Waals surface area contributed by atoms with Gasteiger partial charge in [-0.25, -0.2) is 19.2 Å². The molecule has 4 rings (SSSR count). The van der Waals surface area contributed by atoms with Crippen molar-refractivity contribution in [1.82, 2.24) is 9.97 Å². The Morgan fingerprint density at radius 1 is 1.23 bits per heavy atom. The first kappa shape index (κ1) is 20.2. The van der Waals surface area contributed by atoms with Gasteiger partial charge in [-0.05, 0) is 53.6 Å². The van der Waals surface area contributed by atoms with Crippen molar-refractivity contribution in [2.24, 2.45) is 5.92 Å². The third kappa shape index (κ3) is 3.85. The van der Waals surface area contributed by atoms with Gasteiger partial charge in [-0.3, -0.25) is 4.79 Å². The molecule has 1 aliphatic carbocycles. The first-order valence-electron chi connectivity index (χ1n) is 9.53. The molecule has 0 radical (unpaired) electrons. The third-order valence-electron chi connectivity index (χ3n) is 5.16. The Bertz CT molecular complexity index is 1170. The highest BCUT2D eigenvalue weighted by atomic mass is 35.5. The maximum absolute atomic E-state index is 13.1. The van der Waals surface area contributed by atoms with Crippen molar-refractivity contribution in [2.75, 3.05) is 12.4 Å². The average Bonchev–Trinajstić information content (AvgIpc) is 3.49. The van der Waals surface area contributed by atoms with E-state index in [9.17, 15) is 14.0 Å². The van der Waals surface area contributed by atoms with Gasteiger partial charge in [0.05, 0.1) is 18.1 Å². The molecular weight excluding hydrogens is 409 g/mol. The fraction of sp³-hybridized carbons (Fsp3) is 0.273. The predicted octanol–water partition coefficient (Wildman–Crippen LogP) is 4.60. The van der Waals surface area contributed by atoms with Crippen LogP contribution < -0.4 is 5.32 Å². The fourth-order valence-corrected chi connectivity index (χ4v) is 3.63. The molecule has 2 aromatic heterocycles. The van der Waals surface area contributed by atoms with Gasteiger partial charge in [-0.15, -0.1) is 0 Å². The second kappa shape index (κ2) is 7.99. The fourth-order valence-electron chi connectivity index (χ4n) is 3.36. The summed E-state index contributed by atoms with van der Waals surface area (Å²) in [5.41, 5.74) is 2.83. The number of esters is 1. The lowest BCUT2D eigenvalue weighted by atomic mass is 9.97. The maximum Gasteiger partial charge on any atom is 0.356 e. The van der Waals surface area contributed by atoms with Crippen LogP contribution in [0.25, 0.3) is 21.9 Å². The Morgan fingerprint density at radius 2 is 2.00 bits per heavy atom. The molecule has 6 nitrogen and oxygen atoms in total. The van der Waals surface area contributed by atoms with Gasteiger partial charge in [0.2, 0.25) is 5.91 Å². The van der Waals surface area contributed by atoms with Crippen LogP contribution in [0.1, 0.15) is 29.4 Å². The predicted molar refractivity (Wildman–Crippen MR) is 112 cm³/mol. The second-order valence-corrected chi connectivity index (χ2v) is 7.58. The zero-order valence-electron chi connectivity index (χ0n) is 16.4. The van der Waals surface area contributed by atoms with Crippen LogP contribution >= 0.6 is 11.6 Å². The van der Waals surface area contributed by atoms with E-state index in [0.29, 0.717) is 17.3 Å². The summed E-state index contributed by atoms with van der Waals surface area (Å²) in [6.45, 7) is 1.98. The number of rotatable bonds is 5. The number of methoxy groups -OCH3 is 1. The van der Waals surface area contributed by atoms with E-state index in [0.717, 1.165) is 27.5 Å². The van der Waals surface area contributed by atoms with Crippen molar-refractivity contribution in [3.63, 3.8) is 0 Å². The van der Waals surface area contributed by atoms with Gasteiger partial charge >= 0.3 is 5.97 Å². The Labute approximate surface area is 177 Å². The number of aromatic nitrogens is 2. The summed E-state index contributed by atoms with van der Waals surface area (Å²) in [4.78, 5) is 32.2. The number of pyridine rings is 2. The number of nitrogens with zero attached hydrogens (tertiary/aromatic N) is 2. The lowest BCUT2D eigenvalue weighted by Crippen LogP contribution is -2.15. The lowest BCUT2D eigenvalue weighted by molar-refractivity contribution is -0.117. The zero-order valence-corrected chi connectivity index (χ0v) is 17.2. The van der Waals surface area contributed by atoms with Crippen molar-refractivity contribution >= 4 is 40.1 Å². The van der Waals surface area contributed by atoms with Gasteiger partial charge < -0.3 is 10.1 Å². The Balaban J connectivity index is 1.72. The van der Waals surface area contributed by atoms with Crippen LogP contribution in [0.4, 0.5) is 10.2 Å². The van der Waals surface area contributed by atoms with E-state index in [1.54, 1.807) is 24.5 Å². The van der Waals surface area contributed by atoms with Crippen molar-refractivity contribution in [3.05, 3.63) is 52.9 Å². The van der Waals surface area contributed by atoms with E-state index in [-0.39, 0.29) is 18.0 Å². The molecule has 0 bridgehead atoms. The summed E-state index contributed by atoms with van der Waals surface area (Å²) < 4.78 is 17.9. The van der Waals surface area contributed by atoms with Crippen LogP contribution in [-0.2, 0) is 16.0 Å². The van der Waals surface area contributed by atoms with Crippen molar-refractivity contribution < 1.29 is 18.7 Å². The number of aryl methyl sites for hydroxylation is 1. The minimum atomic E-state index is -1.07. The standard InChI is InChI=1S/C22H19ClFN3O3/c1-3-11-6-19(22(29)30-2)25-9-15(11)12-4-13-7-20(26-10-16(13)17(23)5-12)27-21(28)14-8-18(14)24/h4-7,9-10,14,18H,3,8H2,1-2H3,(H,26,27,28). The summed E-state index contributed by atoms with van der Waals surface area (Å²) in [5.74, 6) is -1.11. The molecule has 2 atom stereocenters. The normalized spacial score (nSPS) is 17.6. The molecule has 1 aromatic carbocycles. The highest BCUT2D eigenvalue weighted by Crippen LogP contribution is 2.36. The quantitative estimate of drug-likeness (QED) is 0.602. The summed E-state index contributed by atoms with van der Waals surface area (Å²) >= 11 is 6.48. The van der Waals surface area contributed by atoms with Crippen LogP contribution in [0, 0.1) is 5.92 Å². The van der Waals surface area contributed by atoms with E-state index in [1.165, 1.54) is 7.11 Å². The number of hydrogen-bond acceptors (Lipinski definition) is 5. The number of carbonyl (C=O) groups is 2. The van der Waals surface area contributed by atoms with Gasteiger partial charge in [0.15, 0.2) is 0 Å². The number of benzene rings is 1. The monoisotopic (exact) mass is 427 g/mol. The first-order chi connectivity index (χ1) is 14.4. The number of carbonyl (C=O) groups excluding carboxylic acids is 2. The van der Waals surface area contributed by atoms with E-state index in [2.05, 4.69) is 15.3 Å². The number of nitrogens with one attached hydrogen (secondary N) is 1. The van der Waals surface area contributed by atoms with E-state index < -0.39 is 18.1 Å². The molecule has 154 valence electrons. The Morgan fingerprint density at radius 3 is 2.67 bits per heavy atom. The molecule has 3 aromatic rings. The highest BCUT2D eigenvalue weighted by Gasteiger charge is 2.43. The smallest absolute Gasteiger partial charge is 0.356 e. The minimum Gasteiger partial charge on any atom is -0.464 e. The largest absolute Gasteiger partial charge is 0.464 e. The molecule has 1 aliphatic rings. The van der Waals surface area contributed by atoms with Gasteiger partial charge in [-0.2, -0.15) is 0 Å². The van der Waals surface area contributed by atoms with Crippen molar-refractivity contribution in [1.29, 1.82) is 0 Å². The second-order valence-electron chi connectivity index (χ2n) is 7.17. The average molecular weight is 428 g/mol. The van der Waals surface area contributed by atoms with Crippen LogP contribution in [0.3, 0.4) is 0 Å². The number of hydrogen-bond donors (Lipinski definition) is 1. The number of halogens is 2. The molecule has 1 fully saturated rings. The summed E-state index contributed by atoms with van der Waals surface area (Å²) in [7, 11) is 1.31. The maximum atomic E-state index is 13.1. The lowest BCUT2D eigenvalue weighted by Gasteiger charge is -2.12. The van der Waals surface area contributed by atoms with Gasteiger partial charge in [0, 0.05) is 23.3 Å². The summed E-state index contributed by atoms with van der Waals surface area (Å²) in [5, 5.41) is 4.66. The van der Waals surface area contributed by atoms with Gasteiger partial charge in [-0.1, -0.05) is 18.5 Å². The molecule has 2 unspecified atom stereocenters. The van der Waals surface area contributed by atoms with Crippen molar-refractivity contribution in [3.8, 4) is 11.1 Å². The Hall–Kier alpha value is -3.06. The van der Waals surface area contributed by atoms with E-state index in [4.69, 9.17) is 16.3 Å². The van der Waals surface area contributed by atoms with E-state index >= 15 is 0 Å². The number of alkyl halides is 1. The van der Waals surface area contributed by atoms with Gasteiger partial charge in [0.1, 0.15) is 17.7 Å². The minimum absolute atomic E-state index is 0.241. The molecule has 1 saturated carbocycles. The molecule has 0 aliphatic heterocycles. The molecule has 0 saturated heterocycles. The third-order valence-corrected chi connectivity index (χ3v) is 5.48. The SMILES string of the molecule is CCc1cc(C(=O)OC)ncc1-c1cc(Cl)c2cnc(NC(=O)C3CC3F)cc2c1. The molecular formula is C22H19ClFN3O3. The molecule has 1 N–H and O–H groups in total. The zero-order chi connectivity index (χ0) is 21.4. The van der Waals surface area contributed by atoms with Crippen LogP contribution in [-0.4, -0.2) is 35.1 Å².